The number of hydrogen-bond donors (Lipinski definition) is 1. The molecule has 1 aromatic carbocycles. The Labute approximate surface area is 151 Å². The normalized spacial score (nSPS) is 18.3. The van der Waals surface area contributed by atoms with Gasteiger partial charge in [0, 0.05) is 47.1 Å². The summed E-state index contributed by atoms with van der Waals surface area (Å²) in [6.07, 6.45) is 0.0648. The first-order chi connectivity index (χ1) is 12.3. The summed E-state index contributed by atoms with van der Waals surface area (Å²) < 4.78 is 0. The quantitative estimate of drug-likeness (QED) is 0.662. The Morgan fingerprint density at radius 3 is 2.62 bits per heavy atom. The minimum atomic E-state index is -1.39. The molecule has 6 nitrogen and oxygen atoms in total. The van der Waals surface area contributed by atoms with Crippen LogP contribution in [0.4, 0.5) is 0 Å². The molecular weight excluding hydrogens is 330 g/mol. The average molecular weight is 351 g/mol. The van der Waals surface area contributed by atoms with Crippen molar-refractivity contribution in [3.63, 3.8) is 0 Å². The van der Waals surface area contributed by atoms with Gasteiger partial charge in [0.15, 0.2) is 17.5 Å². The Kier molecular flexibility index (Phi) is 4.64. The van der Waals surface area contributed by atoms with Gasteiger partial charge in [-0.1, -0.05) is 18.2 Å². The van der Waals surface area contributed by atoms with Crippen LogP contribution in [0.3, 0.4) is 0 Å². The van der Waals surface area contributed by atoms with E-state index in [0.29, 0.717) is 16.6 Å². The number of fused-ring (bicyclic) bond motifs is 1. The molecule has 6 heteroatoms. The number of hydrogen-bond acceptors (Lipinski definition) is 4. The Morgan fingerprint density at radius 1 is 1.31 bits per heavy atom. The fraction of sp³-hybridized carbons (Fsp3) is 0.400. The number of carbonyl (C=O) groups excluding carboxylic acids is 3. The fourth-order valence-electron chi connectivity index (χ4n) is 3.65. The van der Waals surface area contributed by atoms with Crippen LogP contribution in [0.15, 0.2) is 24.3 Å². The van der Waals surface area contributed by atoms with Gasteiger partial charge >= 0.3 is 0 Å². The van der Waals surface area contributed by atoms with Gasteiger partial charge in [-0.2, -0.15) is 5.26 Å². The van der Waals surface area contributed by atoms with Crippen LogP contribution in [-0.4, -0.2) is 39.9 Å². The van der Waals surface area contributed by atoms with E-state index in [2.05, 4.69) is 4.98 Å². The second-order valence-electron chi connectivity index (χ2n) is 7.04. The monoisotopic (exact) mass is 351 g/mol. The number of benzene rings is 1. The summed E-state index contributed by atoms with van der Waals surface area (Å²) in [6, 6.07) is 9.17. The lowest BCUT2D eigenvalue weighted by atomic mass is 9.86. The summed E-state index contributed by atoms with van der Waals surface area (Å²) in [5, 5.41) is 10.2. The smallest absolute Gasteiger partial charge is 0.223 e. The second kappa shape index (κ2) is 6.75. The molecule has 1 N–H and O–H groups in total. The van der Waals surface area contributed by atoms with Crippen molar-refractivity contribution in [3.8, 4) is 6.07 Å². The van der Waals surface area contributed by atoms with Gasteiger partial charge < -0.3 is 9.88 Å². The molecule has 2 heterocycles. The van der Waals surface area contributed by atoms with Crippen LogP contribution in [0.1, 0.15) is 36.3 Å². The maximum absolute atomic E-state index is 13.0. The van der Waals surface area contributed by atoms with E-state index in [1.165, 1.54) is 0 Å². The van der Waals surface area contributed by atoms with Gasteiger partial charge in [0.25, 0.3) is 0 Å². The van der Waals surface area contributed by atoms with Crippen molar-refractivity contribution >= 4 is 28.4 Å². The molecule has 1 fully saturated rings. The molecule has 1 aliphatic heterocycles. The van der Waals surface area contributed by atoms with Crippen LogP contribution in [-0.2, 0) is 9.59 Å². The number of nitrogens with one attached hydrogen (secondary N) is 1. The number of rotatable bonds is 5. The highest BCUT2D eigenvalue weighted by Gasteiger charge is 2.41. The van der Waals surface area contributed by atoms with Gasteiger partial charge in [0.1, 0.15) is 0 Å². The van der Waals surface area contributed by atoms with Crippen molar-refractivity contribution in [2.45, 2.75) is 33.2 Å². The first-order valence-electron chi connectivity index (χ1n) is 8.69. The molecule has 134 valence electrons. The molecule has 0 saturated carbocycles. The van der Waals surface area contributed by atoms with Crippen LogP contribution in [0, 0.1) is 30.1 Å². The van der Waals surface area contributed by atoms with E-state index in [1.54, 1.807) is 17.9 Å². The largest absolute Gasteiger partial charge is 0.358 e. The molecule has 0 bridgehead atoms. The van der Waals surface area contributed by atoms with Gasteiger partial charge in [-0.15, -0.1) is 0 Å². The third-order valence-electron chi connectivity index (χ3n) is 5.00. The molecule has 0 aliphatic carbocycles. The topological polar surface area (TPSA) is 94.0 Å². The van der Waals surface area contributed by atoms with E-state index in [1.807, 2.05) is 38.1 Å². The molecule has 2 aromatic rings. The number of aromatic nitrogens is 1. The molecule has 2 atom stereocenters. The SMILES string of the molecule is Cc1[nH]c2ccccc2c1C(=O)[C@H](C#N)C(=O)[C@H]1CC(=O)N(C(C)C)C1. The molecule has 0 spiro atoms. The van der Waals surface area contributed by atoms with Crippen LogP contribution < -0.4 is 0 Å². The van der Waals surface area contributed by atoms with Crippen molar-refractivity contribution < 1.29 is 14.4 Å². The first-order valence-corrected chi connectivity index (χ1v) is 8.69. The van der Waals surface area contributed by atoms with E-state index in [4.69, 9.17) is 0 Å². The predicted octanol–water partition coefficient (Wildman–Crippen LogP) is 2.62. The number of nitrogens with zero attached hydrogens (tertiary/aromatic N) is 2. The lowest BCUT2D eigenvalue weighted by molar-refractivity contribution is -0.129. The zero-order valence-corrected chi connectivity index (χ0v) is 15.1. The summed E-state index contributed by atoms with van der Waals surface area (Å²) >= 11 is 0. The second-order valence-corrected chi connectivity index (χ2v) is 7.04. The third kappa shape index (κ3) is 2.90. The lowest BCUT2D eigenvalue weighted by Gasteiger charge is -2.21. The summed E-state index contributed by atoms with van der Waals surface area (Å²) in [5.74, 6) is -3.06. The van der Waals surface area contributed by atoms with Crippen molar-refractivity contribution in [1.82, 2.24) is 9.88 Å². The van der Waals surface area contributed by atoms with Crippen molar-refractivity contribution in [2.75, 3.05) is 6.54 Å². The molecule has 26 heavy (non-hydrogen) atoms. The molecule has 0 unspecified atom stereocenters. The van der Waals surface area contributed by atoms with Crippen molar-refractivity contribution in [2.24, 2.45) is 11.8 Å². The minimum absolute atomic E-state index is 0.00704. The number of Topliss-reactive ketones (excluding diaryl/α,β-unsaturated/α-hetero) is 2. The molecule has 3 rings (SSSR count). The van der Waals surface area contributed by atoms with Crippen LogP contribution in [0.2, 0.25) is 0 Å². The molecule has 1 saturated heterocycles. The molecule has 0 radical (unpaired) electrons. The number of aromatic amines is 1. The Bertz CT molecular complexity index is 935. The number of amides is 1. The maximum Gasteiger partial charge on any atom is 0.223 e. The number of aryl methyl sites for hydroxylation is 1. The van der Waals surface area contributed by atoms with Gasteiger partial charge in [0.05, 0.1) is 6.07 Å². The van der Waals surface area contributed by atoms with Gasteiger partial charge in [0.2, 0.25) is 5.91 Å². The fourth-order valence-corrected chi connectivity index (χ4v) is 3.65. The van der Waals surface area contributed by atoms with E-state index in [9.17, 15) is 19.6 Å². The maximum atomic E-state index is 13.0. The first kappa shape index (κ1) is 17.9. The molecule has 1 aliphatic rings. The van der Waals surface area contributed by atoms with Gasteiger partial charge in [-0.05, 0) is 26.8 Å². The minimum Gasteiger partial charge on any atom is -0.358 e. The summed E-state index contributed by atoms with van der Waals surface area (Å²) in [5.41, 5.74) is 1.81. The van der Waals surface area contributed by atoms with Crippen LogP contribution >= 0.6 is 0 Å². The summed E-state index contributed by atoms with van der Waals surface area (Å²) in [4.78, 5) is 42.7. The number of likely N-dealkylation sites (tertiary alicyclic amines) is 1. The number of H-pyrrole nitrogens is 1. The van der Waals surface area contributed by atoms with Crippen molar-refractivity contribution in [1.29, 1.82) is 5.26 Å². The van der Waals surface area contributed by atoms with Gasteiger partial charge in [-0.25, -0.2) is 0 Å². The van der Waals surface area contributed by atoms with E-state index in [0.717, 1.165) is 5.52 Å². The Morgan fingerprint density at radius 2 is 2.00 bits per heavy atom. The van der Waals surface area contributed by atoms with Gasteiger partial charge in [-0.3, -0.25) is 14.4 Å². The zero-order chi connectivity index (χ0) is 19.0. The molecular formula is C20H21N3O3. The highest BCUT2D eigenvalue weighted by molar-refractivity contribution is 6.19. The lowest BCUT2D eigenvalue weighted by Crippen LogP contribution is -2.34. The number of nitriles is 1. The number of ketones is 2. The number of carbonyl (C=O) groups is 3. The molecule has 1 aromatic heterocycles. The standard InChI is InChI=1S/C20H21N3O3/c1-11(2)23-10-13(8-17(23)24)19(25)15(9-21)20(26)18-12(3)22-16-7-5-4-6-14(16)18/h4-7,11,13,15,22H,8,10H2,1-3H3/t13-,15+/m0/s1. The van der Waals surface area contributed by atoms with E-state index >= 15 is 0 Å². The average Bonchev–Trinajstić information content (AvgIpc) is 3.14. The van der Waals surface area contributed by atoms with E-state index in [-0.39, 0.29) is 24.9 Å². The molecule has 1 amide bonds. The Hall–Kier alpha value is -2.94. The Balaban J connectivity index is 1.90. The zero-order valence-electron chi connectivity index (χ0n) is 15.1. The number of para-hydroxylation sites is 1. The predicted molar refractivity (Wildman–Crippen MR) is 96.4 cm³/mol. The van der Waals surface area contributed by atoms with Crippen LogP contribution in [0.5, 0.6) is 0 Å². The third-order valence-corrected chi connectivity index (χ3v) is 5.00. The highest BCUT2D eigenvalue weighted by atomic mass is 16.2. The van der Waals surface area contributed by atoms with Crippen molar-refractivity contribution in [3.05, 3.63) is 35.5 Å². The summed E-state index contributed by atoms with van der Waals surface area (Å²) in [7, 11) is 0. The van der Waals surface area contributed by atoms with E-state index < -0.39 is 23.4 Å². The summed E-state index contributed by atoms with van der Waals surface area (Å²) in [6.45, 7) is 5.79. The highest BCUT2D eigenvalue weighted by Crippen LogP contribution is 2.28. The van der Waals surface area contributed by atoms with Crippen LogP contribution in [0.25, 0.3) is 10.9 Å².